The Morgan fingerprint density at radius 1 is 1.12 bits per heavy atom. The van der Waals surface area contributed by atoms with Crippen molar-refractivity contribution in [3.05, 3.63) is 42.1 Å². The van der Waals surface area contributed by atoms with Crippen LogP contribution in [0.2, 0.25) is 0 Å². The minimum Gasteiger partial charge on any atom is -0.382 e. The first-order chi connectivity index (χ1) is 12.3. The Kier molecular flexibility index (Phi) is 11.9. The fourth-order valence-corrected chi connectivity index (χ4v) is 2.42. The Morgan fingerprint density at radius 3 is 2.77 bits per heavy atom. The third kappa shape index (κ3) is 7.84. The van der Waals surface area contributed by atoms with E-state index in [0.29, 0.717) is 26.4 Å². The highest BCUT2D eigenvalue weighted by atomic mass is 127. The van der Waals surface area contributed by atoms with Crippen molar-refractivity contribution < 1.29 is 9.47 Å². The number of aliphatic imine (C=N–C) groups is 1. The summed E-state index contributed by atoms with van der Waals surface area (Å²) in [6.07, 6.45) is 2.76. The molecule has 144 valence electrons. The molecule has 0 radical (unpaired) electrons. The highest BCUT2D eigenvalue weighted by Gasteiger charge is 2.02. The third-order valence-corrected chi connectivity index (χ3v) is 3.68. The van der Waals surface area contributed by atoms with Crippen molar-refractivity contribution in [2.24, 2.45) is 4.99 Å². The van der Waals surface area contributed by atoms with Crippen LogP contribution in [-0.4, -0.2) is 51.0 Å². The average molecular weight is 472 g/mol. The molecule has 26 heavy (non-hydrogen) atoms. The maximum Gasteiger partial charge on any atom is 0.191 e. The molecule has 1 heterocycles. The molecule has 0 aliphatic heterocycles. The molecule has 0 spiro atoms. The fourth-order valence-electron chi connectivity index (χ4n) is 2.42. The predicted octanol–water partition coefficient (Wildman–Crippen LogP) is 2.96. The average Bonchev–Trinajstić information content (AvgIpc) is 2.65. The molecule has 0 amide bonds. The summed E-state index contributed by atoms with van der Waals surface area (Å²) < 4.78 is 10.4. The van der Waals surface area contributed by atoms with Crippen molar-refractivity contribution in [2.75, 3.05) is 40.0 Å². The van der Waals surface area contributed by atoms with E-state index < -0.39 is 0 Å². The predicted molar refractivity (Wildman–Crippen MR) is 117 cm³/mol. The summed E-state index contributed by atoms with van der Waals surface area (Å²) in [5.74, 6) is 0.820. The second-order valence-electron chi connectivity index (χ2n) is 5.57. The number of guanidine groups is 1. The summed E-state index contributed by atoms with van der Waals surface area (Å²) >= 11 is 0. The molecule has 0 saturated heterocycles. The fraction of sp³-hybridized carbons (Fsp3) is 0.474. The van der Waals surface area contributed by atoms with Crippen LogP contribution in [0.5, 0.6) is 0 Å². The molecule has 6 nitrogen and oxygen atoms in total. The molecule has 0 atom stereocenters. The standard InChI is InChI=1S/C19H28N4O2.HI/c1-3-20-19(22-10-6-12-25-14-13-24-2)23-15-16-9-11-21-18-8-5-4-7-17(16)18;/h4-5,7-9,11H,3,6,10,12-15H2,1-2H3,(H2,20,22,23);1H. The van der Waals surface area contributed by atoms with Gasteiger partial charge in [-0.2, -0.15) is 0 Å². The molecule has 2 aromatic rings. The van der Waals surface area contributed by atoms with Crippen LogP contribution in [0.3, 0.4) is 0 Å². The van der Waals surface area contributed by atoms with E-state index in [1.54, 1.807) is 7.11 Å². The quantitative estimate of drug-likeness (QED) is 0.241. The van der Waals surface area contributed by atoms with Gasteiger partial charge in [-0.3, -0.25) is 4.98 Å². The number of methoxy groups -OCH3 is 1. The van der Waals surface area contributed by atoms with Crippen LogP contribution in [0, 0.1) is 0 Å². The first-order valence-corrected chi connectivity index (χ1v) is 8.76. The van der Waals surface area contributed by atoms with Crippen molar-refractivity contribution >= 4 is 40.8 Å². The van der Waals surface area contributed by atoms with Gasteiger partial charge in [0.05, 0.1) is 25.3 Å². The number of para-hydroxylation sites is 1. The van der Waals surface area contributed by atoms with Gasteiger partial charge in [-0.05, 0) is 31.0 Å². The Hall–Kier alpha value is -1.45. The Bertz CT molecular complexity index is 662. The van der Waals surface area contributed by atoms with Crippen LogP contribution in [0.1, 0.15) is 18.9 Å². The molecule has 1 aromatic carbocycles. The molecule has 7 heteroatoms. The summed E-state index contributed by atoms with van der Waals surface area (Å²) in [4.78, 5) is 9.08. The van der Waals surface area contributed by atoms with Gasteiger partial charge >= 0.3 is 0 Å². The minimum absolute atomic E-state index is 0. The first-order valence-electron chi connectivity index (χ1n) is 8.76. The van der Waals surface area contributed by atoms with Gasteiger partial charge in [0, 0.05) is 38.4 Å². The summed E-state index contributed by atoms with van der Waals surface area (Å²) in [7, 11) is 1.68. The number of nitrogens with one attached hydrogen (secondary N) is 2. The van der Waals surface area contributed by atoms with Crippen LogP contribution in [-0.2, 0) is 16.0 Å². The van der Waals surface area contributed by atoms with Gasteiger partial charge in [0.15, 0.2) is 5.96 Å². The number of fused-ring (bicyclic) bond motifs is 1. The van der Waals surface area contributed by atoms with E-state index in [4.69, 9.17) is 9.47 Å². The van der Waals surface area contributed by atoms with E-state index in [1.807, 2.05) is 30.5 Å². The lowest BCUT2D eigenvalue weighted by molar-refractivity contribution is 0.0698. The largest absolute Gasteiger partial charge is 0.382 e. The zero-order chi connectivity index (χ0) is 17.7. The summed E-state index contributed by atoms with van der Waals surface area (Å²) in [5, 5.41) is 7.77. The molecule has 2 rings (SSSR count). The van der Waals surface area contributed by atoms with Gasteiger partial charge in [-0.25, -0.2) is 4.99 Å². The Labute approximate surface area is 172 Å². The summed E-state index contributed by atoms with van der Waals surface area (Å²) in [6, 6.07) is 10.2. The van der Waals surface area contributed by atoms with Crippen LogP contribution in [0.4, 0.5) is 0 Å². The minimum atomic E-state index is 0. The monoisotopic (exact) mass is 472 g/mol. The molecule has 0 unspecified atom stereocenters. The zero-order valence-electron chi connectivity index (χ0n) is 15.5. The van der Waals surface area contributed by atoms with Crippen molar-refractivity contribution in [1.29, 1.82) is 0 Å². The van der Waals surface area contributed by atoms with E-state index in [2.05, 4.69) is 33.6 Å². The lowest BCUT2D eigenvalue weighted by atomic mass is 10.1. The lowest BCUT2D eigenvalue weighted by Crippen LogP contribution is -2.38. The van der Waals surface area contributed by atoms with Crippen LogP contribution >= 0.6 is 24.0 Å². The van der Waals surface area contributed by atoms with Crippen molar-refractivity contribution in [2.45, 2.75) is 19.9 Å². The van der Waals surface area contributed by atoms with Crippen LogP contribution < -0.4 is 10.6 Å². The molecule has 0 bridgehead atoms. The number of pyridine rings is 1. The maximum absolute atomic E-state index is 5.46. The first kappa shape index (κ1) is 22.6. The highest BCUT2D eigenvalue weighted by molar-refractivity contribution is 14.0. The molecule has 0 aliphatic carbocycles. The molecule has 2 N–H and O–H groups in total. The molecule has 0 fully saturated rings. The van der Waals surface area contributed by atoms with E-state index in [1.165, 1.54) is 5.56 Å². The van der Waals surface area contributed by atoms with Gasteiger partial charge in [-0.1, -0.05) is 18.2 Å². The van der Waals surface area contributed by atoms with Crippen molar-refractivity contribution in [3.63, 3.8) is 0 Å². The van der Waals surface area contributed by atoms with E-state index in [-0.39, 0.29) is 24.0 Å². The molecule has 0 saturated carbocycles. The zero-order valence-corrected chi connectivity index (χ0v) is 17.9. The van der Waals surface area contributed by atoms with E-state index in [9.17, 15) is 0 Å². The van der Waals surface area contributed by atoms with Crippen molar-refractivity contribution in [1.82, 2.24) is 15.6 Å². The highest BCUT2D eigenvalue weighted by Crippen LogP contribution is 2.16. The van der Waals surface area contributed by atoms with Crippen LogP contribution in [0.25, 0.3) is 10.9 Å². The smallest absolute Gasteiger partial charge is 0.191 e. The Morgan fingerprint density at radius 2 is 1.96 bits per heavy atom. The van der Waals surface area contributed by atoms with Gasteiger partial charge in [0.1, 0.15) is 0 Å². The molecular weight excluding hydrogens is 443 g/mol. The van der Waals surface area contributed by atoms with Crippen LogP contribution in [0.15, 0.2) is 41.5 Å². The Balaban J connectivity index is 0.00000338. The van der Waals surface area contributed by atoms with E-state index in [0.717, 1.165) is 36.4 Å². The number of ether oxygens (including phenoxy) is 2. The van der Waals surface area contributed by atoms with Crippen molar-refractivity contribution in [3.8, 4) is 0 Å². The SMILES string of the molecule is CCNC(=NCc1ccnc2ccccc12)NCCCOCCOC.I. The van der Waals surface area contributed by atoms with Gasteiger partial charge in [0.25, 0.3) is 0 Å². The normalized spacial score (nSPS) is 11.2. The topological polar surface area (TPSA) is 67.8 Å². The van der Waals surface area contributed by atoms with Gasteiger partial charge in [-0.15, -0.1) is 24.0 Å². The number of hydrogen-bond acceptors (Lipinski definition) is 4. The lowest BCUT2D eigenvalue weighted by Gasteiger charge is -2.12. The molecule has 0 aliphatic rings. The third-order valence-electron chi connectivity index (χ3n) is 3.68. The maximum atomic E-state index is 5.46. The second kappa shape index (κ2) is 13.7. The molecule has 1 aromatic heterocycles. The number of halogens is 1. The van der Waals surface area contributed by atoms with E-state index >= 15 is 0 Å². The van der Waals surface area contributed by atoms with Gasteiger partial charge < -0.3 is 20.1 Å². The number of aromatic nitrogens is 1. The summed E-state index contributed by atoms with van der Waals surface area (Å²) in [6.45, 7) is 6.31. The molecular formula is C19H29IN4O2. The number of benzene rings is 1. The number of rotatable bonds is 10. The van der Waals surface area contributed by atoms with Gasteiger partial charge in [0.2, 0.25) is 0 Å². The number of hydrogen-bond donors (Lipinski definition) is 2. The second-order valence-corrected chi connectivity index (χ2v) is 5.57. The summed E-state index contributed by atoms with van der Waals surface area (Å²) in [5.41, 5.74) is 2.17. The number of nitrogens with zero attached hydrogens (tertiary/aromatic N) is 2.